The Morgan fingerprint density at radius 2 is 1.48 bits per heavy atom. The zero-order chi connectivity index (χ0) is 30.1. The molecule has 0 fully saturated rings. The highest BCUT2D eigenvalue weighted by Crippen LogP contribution is 2.30. The molecule has 0 heterocycles. The Balaban J connectivity index is 1.51. The van der Waals surface area contributed by atoms with Gasteiger partial charge in [0.2, 0.25) is 5.91 Å². The number of hydrogen-bond donors (Lipinski definition) is 3. The van der Waals surface area contributed by atoms with Gasteiger partial charge in [-0.3, -0.25) is 14.4 Å². The summed E-state index contributed by atoms with van der Waals surface area (Å²) in [6.45, 7) is 7.90. The van der Waals surface area contributed by atoms with Gasteiger partial charge in [-0.25, -0.2) is 0 Å². The van der Waals surface area contributed by atoms with Crippen molar-refractivity contribution in [3.8, 4) is 0 Å². The van der Waals surface area contributed by atoms with Crippen LogP contribution in [0.3, 0.4) is 0 Å². The number of para-hydroxylation sites is 1. The van der Waals surface area contributed by atoms with Crippen LogP contribution in [0.1, 0.15) is 46.0 Å². The van der Waals surface area contributed by atoms with Crippen molar-refractivity contribution in [3.63, 3.8) is 0 Å². The number of anilines is 2. The highest BCUT2D eigenvalue weighted by molar-refractivity contribution is 8.00. The van der Waals surface area contributed by atoms with Gasteiger partial charge in [0.1, 0.15) is 5.70 Å². The number of nitrogens with one attached hydrogen (secondary N) is 3. The van der Waals surface area contributed by atoms with Gasteiger partial charge in [-0.1, -0.05) is 79.2 Å². The fourth-order valence-electron chi connectivity index (χ4n) is 4.42. The number of rotatable bonds is 10. The number of benzene rings is 4. The minimum Gasteiger partial charge on any atom is -0.325 e. The molecule has 4 aromatic rings. The fourth-order valence-corrected chi connectivity index (χ4v) is 5.43. The van der Waals surface area contributed by atoms with E-state index in [-0.39, 0.29) is 22.8 Å². The molecule has 4 aromatic carbocycles. The highest BCUT2D eigenvalue weighted by Gasteiger charge is 2.20. The van der Waals surface area contributed by atoms with Gasteiger partial charge in [-0.05, 0) is 80.3 Å². The Morgan fingerprint density at radius 3 is 2.17 bits per heavy atom. The smallest absolute Gasteiger partial charge is 0.272 e. The molecule has 1 unspecified atom stereocenters. The van der Waals surface area contributed by atoms with E-state index in [1.807, 2.05) is 94.4 Å². The van der Waals surface area contributed by atoms with E-state index in [9.17, 15) is 14.4 Å². The first-order valence-electron chi connectivity index (χ1n) is 13.8. The van der Waals surface area contributed by atoms with Crippen molar-refractivity contribution in [1.82, 2.24) is 5.32 Å². The summed E-state index contributed by atoms with van der Waals surface area (Å²) in [4.78, 5) is 40.4. The molecule has 0 radical (unpaired) electrons. The van der Waals surface area contributed by atoms with Gasteiger partial charge in [0.15, 0.2) is 0 Å². The van der Waals surface area contributed by atoms with Crippen LogP contribution in [0.25, 0.3) is 6.08 Å². The first-order chi connectivity index (χ1) is 20.2. The van der Waals surface area contributed by atoms with Crippen molar-refractivity contribution in [3.05, 3.63) is 131 Å². The SMILES string of the molecule is CCC(Sc1cccc(NC(=O)/C(=C\c2cccc(C)c2)NC(=O)c2ccccc2)c1)C(=O)Nc1c(C)cccc1C. The first kappa shape index (κ1) is 30.3. The molecular formula is C35H35N3O3S. The van der Waals surface area contributed by atoms with Crippen molar-refractivity contribution in [2.24, 2.45) is 0 Å². The normalized spacial score (nSPS) is 11.9. The Labute approximate surface area is 251 Å². The second-order valence-corrected chi connectivity index (χ2v) is 11.3. The molecule has 214 valence electrons. The van der Waals surface area contributed by atoms with Crippen molar-refractivity contribution >= 4 is 46.9 Å². The summed E-state index contributed by atoms with van der Waals surface area (Å²) in [7, 11) is 0. The lowest BCUT2D eigenvalue weighted by Crippen LogP contribution is -2.30. The van der Waals surface area contributed by atoms with E-state index in [0.29, 0.717) is 17.7 Å². The maximum atomic E-state index is 13.5. The molecule has 1 atom stereocenters. The minimum absolute atomic E-state index is 0.0682. The van der Waals surface area contributed by atoms with Crippen LogP contribution in [0.4, 0.5) is 11.4 Å². The zero-order valence-corrected chi connectivity index (χ0v) is 25.0. The summed E-state index contributed by atoms with van der Waals surface area (Å²) < 4.78 is 0. The van der Waals surface area contributed by atoms with E-state index in [1.54, 1.807) is 36.4 Å². The van der Waals surface area contributed by atoms with Gasteiger partial charge in [0, 0.05) is 21.8 Å². The van der Waals surface area contributed by atoms with E-state index >= 15 is 0 Å². The molecule has 0 bridgehead atoms. The second kappa shape index (κ2) is 14.3. The van der Waals surface area contributed by atoms with Gasteiger partial charge in [-0.2, -0.15) is 0 Å². The number of thioether (sulfide) groups is 1. The van der Waals surface area contributed by atoms with Crippen LogP contribution in [0.5, 0.6) is 0 Å². The number of aryl methyl sites for hydroxylation is 3. The van der Waals surface area contributed by atoms with Gasteiger partial charge < -0.3 is 16.0 Å². The van der Waals surface area contributed by atoms with Gasteiger partial charge in [0.25, 0.3) is 11.8 Å². The van der Waals surface area contributed by atoms with Gasteiger partial charge in [-0.15, -0.1) is 11.8 Å². The molecule has 42 heavy (non-hydrogen) atoms. The van der Waals surface area contributed by atoms with Crippen LogP contribution in [-0.4, -0.2) is 23.0 Å². The summed E-state index contributed by atoms with van der Waals surface area (Å²) in [6.07, 6.45) is 2.29. The lowest BCUT2D eigenvalue weighted by molar-refractivity contribution is -0.116. The summed E-state index contributed by atoms with van der Waals surface area (Å²) >= 11 is 1.44. The molecule has 0 saturated heterocycles. The van der Waals surface area contributed by atoms with E-state index in [4.69, 9.17) is 0 Å². The average Bonchev–Trinajstić information content (AvgIpc) is 2.98. The Kier molecular flexibility index (Phi) is 10.3. The molecule has 0 aliphatic rings. The third-order valence-electron chi connectivity index (χ3n) is 6.64. The molecule has 3 N–H and O–H groups in total. The van der Waals surface area contributed by atoms with Crippen molar-refractivity contribution in [2.45, 2.75) is 44.3 Å². The maximum absolute atomic E-state index is 13.5. The van der Waals surface area contributed by atoms with Crippen molar-refractivity contribution in [1.29, 1.82) is 0 Å². The number of amides is 3. The molecule has 0 aromatic heterocycles. The number of carbonyl (C=O) groups excluding carboxylic acids is 3. The van der Waals surface area contributed by atoms with Crippen LogP contribution in [0.15, 0.2) is 108 Å². The average molecular weight is 578 g/mol. The predicted molar refractivity (Wildman–Crippen MR) is 173 cm³/mol. The van der Waals surface area contributed by atoms with Crippen LogP contribution in [0.2, 0.25) is 0 Å². The quantitative estimate of drug-likeness (QED) is 0.134. The molecule has 0 aliphatic carbocycles. The Hall–Kier alpha value is -4.62. The van der Waals surface area contributed by atoms with Crippen LogP contribution in [0, 0.1) is 20.8 Å². The Bertz CT molecular complexity index is 1590. The van der Waals surface area contributed by atoms with E-state index in [2.05, 4.69) is 16.0 Å². The van der Waals surface area contributed by atoms with E-state index in [0.717, 1.165) is 32.8 Å². The number of carbonyl (C=O) groups is 3. The molecule has 0 spiro atoms. The molecule has 6 nitrogen and oxygen atoms in total. The van der Waals surface area contributed by atoms with Gasteiger partial charge in [0.05, 0.1) is 5.25 Å². The summed E-state index contributed by atoms with van der Waals surface area (Å²) in [6, 6.07) is 29.7. The van der Waals surface area contributed by atoms with E-state index in [1.165, 1.54) is 11.8 Å². The topological polar surface area (TPSA) is 87.3 Å². The molecule has 0 saturated carbocycles. The Morgan fingerprint density at radius 1 is 0.786 bits per heavy atom. The number of hydrogen-bond acceptors (Lipinski definition) is 4. The van der Waals surface area contributed by atoms with E-state index < -0.39 is 5.91 Å². The molecular weight excluding hydrogens is 542 g/mol. The fraction of sp³-hybridized carbons (Fsp3) is 0.171. The van der Waals surface area contributed by atoms with Crippen molar-refractivity contribution < 1.29 is 14.4 Å². The van der Waals surface area contributed by atoms with Crippen LogP contribution in [-0.2, 0) is 9.59 Å². The monoisotopic (exact) mass is 577 g/mol. The largest absolute Gasteiger partial charge is 0.325 e. The highest BCUT2D eigenvalue weighted by atomic mass is 32.2. The third-order valence-corrected chi connectivity index (χ3v) is 8.00. The predicted octanol–water partition coefficient (Wildman–Crippen LogP) is 7.53. The lowest BCUT2D eigenvalue weighted by Gasteiger charge is -2.18. The molecule has 7 heteroatoms. The second-order valence-electron chi connectivity index (χ2n) is 10.0. The molecule has 3 amide bonds. The van der Waals surface area contributed by atoms with Gasteiger partial charge >= 0.3 is 0 Å². The minimum atomic E-state index is -0.456. The first-order valence-corrected chi connectivity index (χ1v) is 14.7. The van der Waals surface area contributed by atoms with Crippen LogP contribution >= 0.6 is 11.8 Å². The third kappa shape index (κ3) is 8.21. The lowest BCUT2D eigenvalue weighted by atomic mass is 10.1. The zero-order valence-electron chi connectivity index (χ0n) is 24.2. The standard InChI is InChI=1S/C35H35N3O3S/c1-5-31(35(41)38-32-24(3)13-10-14-25(32)4)42-29-19-11-18-28(22-29)36-34(40)30(21-26-15-9-12-23(2)20-26)37-33(39)27-16-7-6-8-17-27/h6-22,31H,5H2,1-4H3,(H,36,40)(H,37,39)(H,38,41)/b30-21+. The molecule has 0 aliphatic heterocycles. The van der Waals surface area contributed by atoms with Crippen LogP contribution < -0.4 is 16.0 Å². The summed E-state index contributed by atoms with van der Waals surface area (Å²) in [5.41, 5.74) is 5.82. The summed E-state index contributed by atoms with van der Waals surface area (Å²) in [5.74, 6) is -0.904. The maximum Gasteiger partial charge on any atom is 0.272 e. The van der Waals surface area contributed by atoms with Crippen molar-refractivity contribution in [2.75, 3.05) is 10.6 Å². The molecule has 4 rings (SSSR count). The summed E-state index contributed by atoms with van der Waals surface area (Å²) in [5, 5.41) is 8.46.